The van der Waals surface area contributed by atoms with E-state index in [4.69, 9.17) is 0 Å². The summed E-state index contributed by atoms with van der Waals surface area (Å²) in [6.45, 7) is 1.94. The van der Waals surface area contributed by atoms with E-state index in [1.807, 2.05) is 0 Å². The molecule has 8 heteroatoms. The van der Waals surface area contributed by atoms with Crippen LogP contribution in [0, 0.1) is 5.92 Å². The van der Waals surface area contributed by atoms with Crippen molar-refractivity contribution in [1.82, 2.24) is 10.2 Å². The van der Waals surface area contributed by atoms with E-state index < -0.39 is 17.6 Å². The Hall–Kier alpha value is -2.09. The Morgan fingerprint density at radius 3 is 2.41 bits per heavy atom. The lowest BCUT2D eigenvalue weighted by molar-refractivity contribution is -0.137. The number of alkyl halides is 3. The predicted molar refractivity (Wildman–Crippen MR) is 97.1 cm³/mol. The molecular formula is C19H26F3N3O2. The lowest BCUT2D eigenvalue weighted by atomic mass is 9.86. The minimum atomic E-state index is -4.55. The van der Waals surface area contributed by atoms with Gasteiger partial charge in [-0.2, -0.15) is 13.2 Å². The first kappa shape index (κ1) is 21.2. The Morgan fingerprint density at radius 1 is 1.11 bits per heavy atom. The molecule has 2 atom stereocenters. The highest BCUT2D eigenvalue weighted by molar-refractivity contribution is 5.93. The molecule has 0 aromatic heterocycles. The highest BCUT2D eigenvalue weighted by atomic mass is 19.4. The number of carbonyl (C=O) groups is 2. The molecule has 2 N–H and O–H groups in total. The van der Waals surface area contributed by atoms with Gasteiger partial charge in [0.05, 0.1) is 24.3 Å². The molecule has 0 saturated heterocycles. The lowest BCUT2D eigenvalue weighted by Gasteiger charge is -2.30. The Labute approximate surface area is 157 Å². The number of anilines is 1. The van der Waals surface area contributed by atoms with Crippen LogP contribution in [0.3, 0.4) is 0 Å². The summed E-state index contributed by atoms with van der Waals surface area (Å²) in [6.07, 6.45) is -0.251. The molecule has 1 aromatic carbocycles. The van der Waals surface area contributed by atoms with Crippen LogP contribution >= 0.6 is 0 Å². The molecule has 5 nitrogen and oxygen atoms in total. The van der Waals surface area contributed by atoms with E-state index in [1.165, 1.54) is 29.5 Å². The van der Waals surface area contributed by atoms with E-state index in [-0.39, 0.29) is 30.7 Å². The van der Waals surface area contributed by atoms with Crippen LogP contribution in [0.25, 0.3) is 0 Å². The Bertz CT molecular complexity index is 664. The van der Waals surface area contributed by atoms with Gasteiger partial charge in [-0.25, -0.2) is 0 Å². The summed E-state index contributed by atoms with van der Waals surface area (Å²) >= 11 is 0. The third-order valence-corrected chi connectivity index (χ3v) is 4.79. The van der Waals surface area contributed by atoms with E-state index in [2.05, 4.69) is 17.6 Å². The first-order valence-corrected chi connectivity index (χ1v) is 9.11. The standard InChI is InChI=1S/C19H26F3N3O2/c1-13-7-3-5-9-15(13)23-17(26)11-25(2)12-18(27)24-16-10-6-4-8-14(16)19(20,21)22/h4,6,8,10,13,15H,3,5,7,9,11-12H2,1-2H3,(H,23,26)(H,24,27)/t13-,15-/m1/s1. The summed E-state index contributed by atoms with van der Waals surface area (Å²) in [4.78, 5) is 25.7. The van der Waals surface area contributed by atoms with Crippen LogP contribution in [0.15, 0.2) is 24.3 Å². The van der Waals surface area contributed by atoms with Crippen LogP contribution in [0.2, 0.25) is 0 Å². The van der Waals surface area contributed by atoms with Gasteiger partial charge in [0.2, 0.25) is 11.8 Å². The van der Waals surface area contributed by atoms with E-state index in [0.29, 0.717) is 5.92 Å². The van der Waals surface area contributed by atoms with Gasteiger partial charge in [-0.05, 0) is 37.9 Å². The number of hydrogen-bond donors (Lipinski definition) is 2. The minimum Gasteiger partial charge on any atom is -0.352 e. The van der Waals surface area contributed by atoms with E-state index in [9.17, 15) is 22.8 Å². The smallest absolute Gasteiger partial charge is 0.352 e. The summed E-state index contributed by atoms with van der Waals surface area (Å²) in [6, 6.07) is 4.96. The fourth-order valence-electron chi connectivity index (χ4n) is 3.36. The molecule has 0 bridgehead atoms. The Kier molecular flexibility index (Phi) is 7.24. The second-order valence-electron chi connectivity index (χ2n) is 7.20. The first-order valence-electron chi connectivity index (χ1n) is 9.11. The van der Waals surface area contributed by atoms with Crippen molar-refractivity contribution in [1.29, 1.82) is 0 Å². The molecule has 27 heavy (non-hydrogen) atoms. The van der Waals surface area contributed by atoms with E-state index in [1.54, 1.807) is 7.05 Å². The average molecular weight is 385 g/mol. The van der Waals surface area contributed by atoms with Crippen molar-refractivity contribution in [3.05, 3.63) is 29.8 Å². The fraction of sp³-hybridized carbons (Fsp3) is 0.579. The topological polar surface area (TPSA) is 61.4 Å². The quantitative estimate of drug-likeness (QED) is 0.790. The molecule has 0 radical (unpaired) electrons. The first-order chi connectivity index (χ1) is 12.7. The summed E-state index contributed by atoms with van der Waals surface area (Å²) in [7, 11) is 1.58. The molecule has 1 fully saturated rings. The average Bonchev–Trinajstić information content (AvgIpc) is 2.56. The number of hydrogen-bond acceptors (Lipinski definition) is 3. The van der Waals surface area contributed by atoms with Gasteiger partial charge in [0.1, 0.15) is 0 Å². The number of benzene rings is 1. The zero-order valence-electron chi connectivity index (χ0n) is 15.6. The van der Waals surface area contributed by atoms with Crippen molar-refractivity contribution in [3.63, 3.8) is 0 Å². The maximum Gasteiger partial charge on any atom is 0.418 e. The van der Waals surface area contributed by atoms with Crippen molar-refractivity contribution in [2.45, 2.75) is 44.8 Å². The van der Waals surface area contributed by atoms with Crippen molar-refractivity contribution < 1.29 is 22.8 Å². The maximum absolute atomic E-state index is 13.0. The number of rotatable bonds is 6. The number of carbonyl (C=O) groups excluding carboxylic acids is 2. The number of nitrogens with one attached hydrogen (secondary N) is 2. The molecule has 0 heterocycles. The highest BCUT2D eigenvalue weighted by Gasteiger charge is 2.33. The number of nitrogens with zero attached hydrogens (tertiary/aromatic N) is 1. The molecule has 150 valence electrons. The number of halogens is 3. The molecule has 1 aliphatic rings. The highest BCUT2D eigenvalue weighted by Crippen LogP contribution is 2.34. The second-order valence-corrected chi connectivity index (χ2v) is 7.20. The van der Waals surface area contributed by atoms with Crippen molar-refractivity contribution >= 4 is 17.5 Å². The van der Waals surface area contributed by atoms with Crippen LogP contribution in [0.4, 0.5) is 18.9 Å². The maximum atomic E-state index is 13.0. The van der Waals surface area contributed by atoms with Crippen LogP contribution in [0.1, 0.15) is 38.2 Å². The monoisotopic (exact) mass is 385 g/mol. The van der Waals surface area contributed by atoms with Crippen LogP contribution in [-0.2, 0) is 15.8 Å². The summed E-state index contributed by atoms with van der Waals surface area (Å²) in [5.41, 5.74) is -1.19. The molecule has 2 rings (SSSR count). The number of para-hydroxylation sites is 1. The number of amides is 2. The van der Waals surface area contributed by atoms with Gasteiger partial charge in [-0.1, -0.05) is 31.9 Å². The third kappa shape index (κ3) is 6.53. The van der Waals surface area contributed by atoms with Gasteiger partial charge in [-0.3, -0.25) is 14.5 Å². The van der Waals surface area contributed by atoms with Crippen molar-refractivity contribution in [2.24, 2.45) is 5.92 Å². The fourth-order valence-corrected chi connectivity index (χ4v) is 3.36. The predicted octanol–water partition coefficient (Wildman–Crippen LogP) is 3.27. The third-order valence-electron chi connectivity index (χ3n) is 4.79. The zero-order chi connectivity index (χ0) is 20.0. The summed E-state index contributed by atoms with van der Waals surface area (Å²) < 4.78 is 38.9. The summed E-state index contributed by atoms with van der Waals surface area (Å²) in [5, 5.41) is 5.27. The van der Waals surface area contributed by atoms with Crippen molar-refractivity contribution in [2.75, 3.05) is 25.5 Å². The number of likely N-dealkylation sites (N-methyl/N-ethyl adjacent to an activating group) is 1. The molecule has 2 amide bonds. The molecular weight excluding hydrogens is 359 g/mol. The Morgan fingerprint density at radius 2 is 1.74 bits per heavy atom. The van der Waals surface area contributed by atoms with Gasteiger partial charge in [0.25, 0.3) is 0 Å². The molecule has 1 aliphatic carbocycles. The largest absolute Gasteiger partial charge is 0.418 e. The molecule has 0 spiro atoms. The molecule has 1 aromatic rings. The van der Waals surface area contributed by atoms with Crippen LogP contribution < -0.4 is 10.6 Å². The molecule has 0 unspecified atom stereocenters. The van der Waals surface area contributed by atoms with E-state index >= 15 is 0 Å². The van der Waals surface area contributed by atoms with E-state index in [0.717, 1.165) is 25.3 Å². The zero-order valence-corrected chi connectivity index (χ0v) is 15.6. The Balaban J connectivity index is 1.84. The minimum absolute atomic E-state index is 0.0115. The SMILES string of the molecule is C[C@@H]1CCCC[C@H]1NC(=O)CN(C)CC(=O)Nc1ccccc1C(F)(F)F. The van der Waals surface area contributed by atoms with Crippen LogP contribution in [0.5, 0.6) is 0 Å². The van der Waals surface area contributed by atoms with Gasteiger partial charge >= 0.3 is 6.18 Å². The van der Waals surface area contributed by atoms with Gasteiger partial charge in [0, 0.05) is 6.04 Å². The normalized spacial score (nSPS) is 20.4. The summed E-state index contributed by atoms with van der Waals surface area (Å²) in [5.74, 6) is -0.358. The molecule has 0 aliphatic heterocycles. The van der Waals surface area contributed by atoms with Gasteiger partial charge in [-0.15, -0.1) is 0 Å². The van der Waals surface area contributed by atoms with Gasteiger partial charge < -0.3 is 10.6 Å². The van der Waals surface area contributed by atoms with Gasteiger partial charge in [0.15, 0.2) is 0 Å². The lowest BCUT2D eigenvalue weighted by Crippen LogP contribution is -2.46. The van der Waals surface area contributed by atoms with Crippen molar-refractivity contribution in [3.8, 4) is 0 Å². The second kappa shape index (κ2) is 9.21. The van der Waals surface area contributed by atoms with Crippen LogP contribution in [-0.4, -0.2) is 42.9 Å². The molecule has 1 saturated carbocycles.